The molecule has 0 aliphatic carbocycles. The summed E-state index contributed by atoms with van der Waals surface area (Å²) in [6.45, 7) is 0. The molecule has 0 aliphatic heterocycles. The molecule has 0 aliphatic rings. The second kappa shape index (κ2) is 8.33. The van der Waals surface area contributed by atoms with E-state index < -0.39 is 17.6 Å². The van der Waals surface area contributed by atoms with E-state index in [0.717, 1.165) is 0 Å². The van der Waals surface area contributed by atoms with Crippen molar-refractivity contribution >= 4 is 56.5 Å². The van der Waals surface area contributed by atoms with E-state index in [9.17, 15) is 13.6 Å². The Morgan fingerprint density at radius 2 is 1.52 bits per heavy atom. The van der Waals surface area contributed by atoms with Crippen LogP contribution < -0.4 is 11.5 Å². The van der Waals surface area contributed by atoms with E-state index in [1.54, 1.807) is 0 Å². The molecule has 0 saturated heterocycles. The van der Waals surface area contributed by atoms with Gasteiger partial charge in [0.25, 0.3) is 0 Å². The maximum Gasteiger partial charge on any atom is 0.337 e. The van der Waals surface area contributed by atoms with Crippen LogP contribution in [-0.4, -0.2) is 13.1 Å². The molecule has 9 heteroatoms. The largest absolute Gasteiger partial charge is 0.465 e. The first kappa shape index (κ1) is 19.5. The van der Waals surface area contributed by atoms with Gasteiger partial charge in [0.05, 0.1) is 34.1 Å². The summed E-state index contributed by atoms with van der Waals surface area (Å²) in [6, 6.07) is 5.25. The van der Waals surface area contributed by atoms with Crippen molar-refractivity contribution in [3.05, 3.63) is 56.0 Å². The minimum absolute atomic E-state index is 0.0341. The zero-order valence-electron chi connectivity index (χ0n) is 11.7. The lowest BCUT2D eigenvalue weighted by Crippen LogP contribution is -2.03. The number of esters is 1. The number of halogens is 5. The van der Waals surface area contributed by atoms with Crippen molar-refractivity contribution in [1.82, 2.24) is 0 Å². The Hall–Kier alpha value is -1.57. The Bertz CT molecular complexity index is 699. The summed E-state index contributed by atoms with van der Waals surface area (Å²) in [6.07, 6.45) is 0. The molecule has 4 N–H and O–H groups in total. The van der Waals surface area contributed by atoms with Gasteiger partial charge in [-0.2, -0.15) is 0 Å². The quantitative estimate of drug-likeness (QED) is 0.393. The number of rotatable bonds is 1. The van der Waals surface area contributed by atoms with Gasteiger partial charge in [-0.1, -0.05) is 39.1 Å². The highest BCUT2D eigenvalue weighted by atomic mass is 79.9. The predicted octanol–water partition coefficient (Wildman–Crippen LogP) is 4.67. The molecule has 23 heavy (non-hydrogen) atoms. The van der Waals surface area contributed by atoms with Gasteiger partial charge in [-0.05, 0) is 24.3 Å². The molecule has 4 nitrogen and oxygen atoms in total. The summed E-state index contributed by atoms with van der Waals surface area (Å²) in [5.74, 6) is -1.90. The predicted molar refractivity (Wildman–Crippen MR) is 90.7 cm³/mol. The second-order valence-corrected chi connectivity index (χ2v) is 5.87. The third-order valence-corrected chi connectivity index (χ3v) is 3.51. The van der Waals surface area contributed by atoms with Gasteiger partial charge in [0.1, 0.15) is 0 Å². The molecule has 0 atom stereocenters. The SMILES string of the molecule is COC(=O)c1cc(N)c(F)c(Cl)c1.Nc1cc(Br)cc(Cl)c1F. The first-order chi connectivity index (χ1) is 10.7. The fraction of sp³-hybridized carbons (Fsp3) is 0.0714. The van der Waals surface area contributed by atoms with Gasteiger partial charge >= 0.3 is 5.97 Å². The van der Waals surface area contributed by atoms with E-state index in [2.05, 4.69) is 20.7 Å². The minimum Gasteiger partial charge on any atom is -0.465 e. The Labute approximate surface area is 149 Å². The average molecular weight is 428 g/mol. The smallest absolute Gasteiger partial charge is 0.337 e. The first-order valence-corrected chi connectivity index (χ1v) is 7.45. The van der Waals surface area contributed by atoms with Crippen LogP contribution in [-0.2, 0) is 4.74 Å². The van der Waals surface area contributed by atoms with E-state index in [-0.39, 0.29) is 27.0 Å². The summed E-state index contributed by atoms with van der Waals surface area (Å²) in [7, 11) is 1.22. The molecule has 0 bridgehead atoms. The third-order valence-electron chi connectivity index (χ3n) is 2.50. The van der Waals surface area contributed by atoms with Crippen molar-refractivity contribution in [2.24, 2.45) is 0 Å². The number of nitrogen functional groups attached to an aromatic ring is 2. The first-order valence-electron chi connectivity index (χ1n) is 5.90. The minimum atomic E-state index is -0.727. The monoisotopic (exact) mass is 426 g/mol. The fourth-order valence-electron chi connectivity index (χ4n) is 1.42. The molecular formula is C14H11BrCl2F2N2O2. The topological polar surface area (TPSA) is 78.3 Å². The van der Waals surface area contributed by atoms with Crippen LogP contribution in [0.15, 0.2) is 28.7 Å². The number of hydrogen-bond donors (Lipinski definition) is 2. The Morgan fingerprint density at radius 1 is 1.04 bits per heavy atom. The number of nitrogens with two attached hydrogens (primary N) is 2. The van der Waals surface area contributed by atoms with Crippen molar-refractivity contribution in [2.75, 3.05) is 18.6 Å². The Kier molecular flexibility index (Phi) is 7.05. The molecule has 0 saturated carbocycles. The van der Waals surface area contributed by atoms with Crippen LogP contribution in [0.4, 0.5) is 20.2 Å². The highest BCUT2D eigenvalue weighted by molar-refractivity contribution is 9.10. The zero-order chi connectivity index (χ0) is 17.7. The maximum absolute atomic E-state index is 12.9. The number of ether oxygens (including phenoxy) is 1. The van der Waals surface area contributed by atoms with Gasteiger partial charge in [-0.25, -0.2) is 13.6 Å². The Balaban J connectivity index is 0.000000238. The zero-order valence-corrected chi connectivity index (χ0v) is 14.8. The highest BCUT2D eigenvalue weighted by Crippen LogP contribution is 2.25. The number of anilines is 2. The van der Waals surface area contributed by atoms with Crippen LogP contribution in [0.1, 0.15) is 10.4 Å². The maximum atomic E-state index is 12.9. The van der Waals surface area contributed by atoms with Gasteiger partial charge in [0, 0.05) is 4.47 Å². The Morgan fingerprint density at radius 3 is 1.96 bits per heavy atom. The van der Waals surface area contributed by atoms with Crippen LogP contribution in [0.3, 0.4) is 0 Å². The molecule has 2 aromatic rings. The molecule has 0 fully saturated rings. The van der Waals surface area contributed by atoms with Crippen molar-refractivity contribution < 1.29 is 18.3 Å². The lowest BCUT2D eigenvalue weighted by atomic mass is 10.2. The van der Waals surface area contributed by atoms with Gasteiger partial charge in [0.2, 0.25) is 0 Å². The molecule has 0 spiro atoms. The van der Waals surface area contributed by atoms with Crippen molar-refractivity contribution in [1.29, 1.82) is 0 Å². The van der Waals surface area contributed by atoms with E-state index in [1.807, 2.05) is 0 Å². The fourth-order valence-corrected chi connectivity index (χ4v) is 2.48. The van der Waals surface area contributed by atoms with Gasteiger partial charge in [0.15, 0.2) is 11.6 Å². The van der Waals surface area contributed by atoms with Gasteiger partial charge < -0.3 is 16.2 Å². The van der Waals surface area contributed by atoms with E-state index in [4.69, 9.17) is 34.7 Å². The van der Waals surface area contributed by atoms with Crippen LogP contribution in [0.25, 0.3) is 0 Å². The van der Waals surface area contributed by atoms with Crippen molar-refractivity contribution in [3.63, 3.8) is 0 Å². The molecule has 0 aromatic heterocycles. The molecule has 0 heterocycles. The summed E-state index contributed by atoms with van der Waals surface area (Å²) < 4.78 is 30.6. The number of methoxy groups -OCH3 is 1. The van der Waals surface area contributed by atoms with Crippen molar-refractivity contribution in [3.8, 4) is 0 Å². The number of carbonyl (C=O) groups excluding carboxylic acids is 1. The lowest BCUT2D eigenvalue weighted by molar-refractivity contribution is 0.0600. The molecule has 124 valence electrons. The summed E-state index contributed by atoms with van der Waals surface area (Å²) in [4.78, 5) is 11.0. The summed E-state index contributed by atoms with van der Waals surface area (Å²) >= 11 is 14.0. The molecule has 2 rings (SSSR count). The van der Waals surface area contributed by atoms with Gasteiger partial charge in [-0.3, -0.25) is 0 Å². The van der Waals surface area contributed by atoms with Crippen LogP contribution in [0.2, 0.25) is 10.0 Å². The van der Waals surface area contributed by atoms with Crippen LogP contribution in [0, 0.1) is 11.6 Å². The summed E-state index contributed by atoms with van der Waals surface area (Å²) in [5, 5.41) is -0.160. The van der Waals surface area contributed by atoms with E-state index in [0.29, 0.717) is 4.47 Å². The lowest BCUT2D eigenvalue weighted by Gasteiger charge is -2.03. The number of carbonyl (C=O) groups is 1. The normalized spacial score (nSPS) is 9.83. The van der Waals surface area contributed by atoms with Crippen LogP contribution in [0.5, 0.6) is 0 Å². The molecule has 2 aromatic carbocycles. The van der Waals surface area contributed by atoms with E-state index in [1.165, 1.54) is 31.4 Å². The highest BCUT2D eigenvalue weighted by Gasteiger charge is 2.11. The molecule has 0 unspecified atom stereocenters. The molecule has 0 radical (unpaired) electrons. The third kappa shape index (κ3) is 5.23. The van der Waals surface area contributed by atoms with Gasteiger partial charge in [-0.15, -0.1) is 0 Å². The molecule has 0 amide bonds. The number of benzene rings is 2. The average Bonchev–Trinajstić information content (AvgIpc) is 2.49. The standard InChI is InChI=1S/C8H7ClFNO2.C6H4BrClFN/c1-13-8(12)4-2-5(9)7(10)6(11)3-4;7-3-1-4(8)6(9)5(10)2-3/h2-3H,11H2,1H3;1-2H,10H2. The van der Waals surface area contributed by atoms with E-state index >= 15 is 0 Å². The van der Waals surface area contributed by atoms with Crippen molar-refractivity contribution in [2.45, 2.75) is 0 Å². The second-order valence-electron chi connectivity index (χ2n) is 4.14. The summed E-state index contributed by atoms with van der Waals surface area (Å²) in [5.41, 5.74) is 10.5. The molecular weight excluding hydrogens is 417 g/mol. The number of hydrogen-bond acceptors (Lipinski definition) is 4. The van der Waals surface area contributed by atoms with Crippen LogP contribution >= 0.6 is 39.1 Å².